The second kappa shape index (κ2) is 5.38. The molecule has 1 fully saturated rings. The zero-order chi connectivity index (χ0) is 16.9. The molecule has 4 nitrogen and oxygen atoms in total. The zero-order valence-electron chi connectivity index (χ0n) is 13.9. The molecule has 2 aromatic carbocycles. The van der Waals surface area contributed by atoms with Crippen LogP contribution in [0.3, 0.4) is 0 Å². The van der Waals surface area contributed by atoms with Crippen molar-refractivity contribution in [2.75, 3.05) is 12.0 Å². The molecule has 24 heavy (non-hydrogen) atoms. The van der Waals surface area contributed by atoms with Crippen molar-refractivity contribution in [2.45, 2.75) is 25.6 Å². The number of para-hydroxylation sites is 2. The first kappa shape index (κ1) is 15.3. The Balaban J connectivity index is 1.88. The predicted molar refractivity (Wildman–Crippen MR) is 98.6 cm³/mol. The van der Waals surface area contributed by atoms with Gasteiger partial charge < -0.3 is 14.8 Å². The molecule has 1 N–H and O–H groups in total. The van der Waals surface area contributed by atoms with Crippen LogP contribution in [0.5, 0.6) is 11.5 Å². The van der Waals surface area contributed by atoms with E-state index in [9.17, 15) is 0 Å². The summed E-state index contributed by atoms with van der Waals surface area (Å²) in [5, 5.41) is 4.18. The highest BCUT2D eigenvalue weighted by molar-refractivity contribution is 7.80. The van der Waals surface area contributed by atoms with E-state index in [-0.39, 0.29) is 12.0 Å². The first-order valence-electron chi connectivity index (χ1n) is 8.08. The maximum Gasteiger partial charge on any atom is 0.191 e. The lowest BCUT2D eigenvalue weighted by Gasteiger charge is -2.56. The number of rotatable bonds is 2. The largest absolute Gasteiger partial charge is 0.493 e. The number of hydrogen-bond donors (Lipinski definition) is 1. The van der Waals surface area contributed by atoms with Crippen LogP contribution in [0.2, 0.25) is 0 Å². The standard InChI is InChI=1S/C19H20N2O2S/c1-12-16-14-10-7-11-15(22-3)17(14)23-19(12,2)21(18(24)20-16)13-8-5-4-6-9-13/h4-12,16H,1-3H3,(H,20,24)/t12-,16+,19-/m0/s1. The van der Waals surface area contributed by atoms with Gasteiger partial charge in [0.15, 0.2) is 22.3 Å². The summed E-state index contributed by atoms with van der Waals surface area (Å²) in [4.78, 5) is 2.07. The first-order valence-corrected chi connectivity index (χ1v) is 8.49. The van der Waals surface area contributed by atoms with Crippen molar-refractivity contribution in [3.05, 3.63) is 54.1 Å². The van der Waals surface area contributed by atoms with Crippen molar-refractivity contribution in [1.82, 2.24) is 5.32 Å². The summed E-state index contributed by atoms with van der Waals surface area (Å²) < 4.78 is 12.1. The molecule has 0 amide bonds. The average Bonchev–Trinajstić information content (AvgIpc) is 2.58. The van der Waals surface area contributed by atoms with Crippen molar-refractivity contribution in [2.24, 2.45) is 5.92 Å². The Kier molecular flexibility index (Phi) is 3.42. The van der Waals surface area contributed by atoms with E-state index in [0.717, 1.165) is 22.7 Å². The van der Waals surface area contributed by atoms with E-state index < -0.39 is 5.72 Å². The number of nitrogens with zero attached hydrogens (tertiary/aromatic N) is 1. The molecule has 0 unspecified atom stereocenters. The zero-order valence-corrected chi connectivity index (χ0v) is 14.8. The summed E-state index contributed by atoms with van der Waals surface area (Å²) in [5.41, 5.74) is 1.52. The van der Waals surface area contributed by atoms with Crippen LogP contribution in [-0.4, -0.2) is 17.9 Å². The number of fused-ring (bicyclic) bond motifs is 4. The van der Waals surface area contributed by atoms with Crippen molar-refractivity contribution in [3.8, 4) is 11.5 Å². The molecular weight excluding hydrogens is 320 g/mol. The third kappa shape index (κ3) is 2.01. The van der Waals surface area contributed by atoms with E-state index in [4.69, 9.17) is 21.7 Å². The van der Waals surface area contributed by atoms with Gasteiger partial charge in [-0.15, -0.1) is 0 Å². The third-order valence-electron chi connectivity index (χ3n) is 5.16. The molecule has 0 radical (unpaired) electrons. The van der Waals surface area contributed by atoms with Crippen LogP contribution in [0.25, 0.3) is 0 Å². The number of hydrogen-bond acceptors (Lipinski definition) is 3. The number of anilines is 1. The quantitative estimate of drug-likeness (QED) is 0.839. The molecule has 0 saturated carbocycles. The normalized spacial score (nSPS) is 27.8. The van der Waals surface area contributed by atoms with E-state index in [1.165, 1.54) is 0 Å². The fourth-order valence-corrected chi connectivity index (χ4v) is 4.14. The molecular formula is C19H20N2O2S. The number of ether oxygens (including phenoxy) is 2. The van der Waals surface area contributed by atoms with Crippen molar-refractivity contribution < 1.29 is 9.47 Å². The number of benzene rings is 2. The minimum Gasteiger partial charge on any atom is -0.493 e. The molecule has 2 aliphatic rings. The van der Waals surface area contributed by atoms with E-state index in [1.807, 2.05) is 42.5 Å². The SMILES string of the molecule is COc1cccc2c1O[C@@]1(C)[C@@H](C)[C@H]2NC(=S)N1c1ccccc1. The van der Waals surface area contributed by atoms with Gasteiger partial charge in [0.2, 0.25) is 0 Å². The summed E-state index contributed by atoms with van der Waals surface area (Å²) in [6.07, 6.45) is 0. The molecule has 4 rings (SSSR count). The van der Waals surface area contributed by atoms with Gasteiger partial charge in [0, 0.05) is 17.2 Å². The Morgan fingerprint density at radius 1 is 1.17 bits per heavy atom. The van der Waals surface area contributed by atoms with Gasteiger partial charge in [0.1, 0.15) is 0 Å². The number of nitrogens with one attached hydrogen (secondary N) is 1. The minimum absolute atomic E-state index is 0.0984. The van der Waals surface area contributed by atoms with Gasteiger partial charge in [0.05, 0.1) is 13.2 Å². The van der Waals surface area contributed by atoms with Crippen molar-refractivity contribution >= 4 is 23.0 Å². The minimum atomic E-state index is -0.587. The van der Waals surface area contributed by atoms with Crippen LogP contribution < -0.4 is 19.7 Å². The summed E-state index contributed by atoms with van der Waals surface area (Å²) in [6, 6.07) is 16.2. The van der Waals surface area contributed by atoms with Crippen molar-refractivity contribution in [1.29, 1.82) is 0 Å². The van der Waals surface area contributed by atoms with E-state index in [1.54, 1.807) is 7.11 Å². The van der Waals surface area contributed by atoms with Crippen LogP contribution in [0.4, 0.5) is 5.69 Å². The fourth-order valence-electron chi connectivity index (χ4n) is 3.73. The molecule has 2 bridgehead atoms. The van der Waals surface area contributed by atoms with Crippen LogP contribution in [0, 0.1) is 5.92 Å². The summed E-state index contributed by atoms with van der Waals surface area (Å²) >= 11 is 5.68. The third-order valence-corrected chi connectivity index (χ3v) is 5.46. The first-order chi connectivity index (χ1) is 11.6. The van der Waals surface area contributed by atoms with Gasteiger partial charge in [-0.05, 0) is 37.3 Å². The second-order valence-electron chi connectivity index (χ2n) is 6.42. The topological polar surface area (TPSA) is 33.7 Å². The molecule has 0 aliphatic carbocycles. The molecule has 2 heterocycles. The molecule has 2 aromatic rings. The molecule has 5 heteroatoms. The Hall–Kier alpha value is -2.27. The highest BCUT2D eigenvalue weighted by Crippen LogP contribution is 2.51. The van der Waals surface area contributed by atoms with E-state index in [2.05, 4.69) is 30.1 Å². The molecule has 0 aromatic heterocycles. The second-order valence-corrected chi connectivity index (χ2v) is 6.81. The maximum atomic E-state index is 6.54. The Morgan fingerprint density at radius 3 is 2.62 bits per heavy atom. The maximum absolute atomic E-state index is 6.54. The van der Waals surface area contributed by atoms with E-state index in [0.29, 0.717) is 5.11 Å². The molecule has 0 spiro atoms. The molecule has 3 atom stereocenters. The lowest BCUT2D eigenvalue weighted by molar-refractivity contribution is -0.00546. The highest BCUT2D eigenvalue weighted by Gasteiger charge is 2.54. The predicted octanol–water partition coefficient (Wildman–Crippen LogP) is 3.88. The summed E-state index contributed by atoms with van der Waals surface area (Å²) in [6.45, 7) is 4.29. The smallest absolute Gasteiger partial charge is 0.191 e. The van der Waals surface area contributed by atoms with Crippen LogP contribution >= 0.6 is 12.2 Å². The number of thiocarbonyl (C=S) groups is 1. The van der Waals surface area contributed by atoms with Gasteiger partial charge >= 0.3 is 0 Å². The van der Waals surface area contributed by atoms with Crippen LogP contribution in [0.15, 0.2) is 48.5 Å². The van der Waals surface area contributed by atoms with Gasteiger partial charge in [-0.25, -0.2) is 0 Å². The average molecular weight is 340 g/mol. The summed E-state index contributed by atoms with van der Waals surface area (Å²) in [5.74, 6) is 1.74. The van der Waals surface area contributed by atoms with Gasteiger partial charge in [-0.3, -0.25) is 4.90 Å². The van der Waals surface area contributed by atoms with E-state index >= 15 is 0 Å². The van der Waals surface area contributed by atoms with Gasteiger partial charge in [0.25, 0.3) is 0 Å². The van der Waals surface area contributed by atoms with Gasteiger partial charge in [-0.2, -0.15) is 0 Å². The van der Waals surface area contributed by atoms with Crippen molar-refractivity contribution in [3.63, 3.8) is 0 Å². The van der Waals surface area contributed by atoms with Crippen LogP contribution in [-0.2, 0) is 0 Å². The Morgan fingerprint density at radius 2 is 1.92 bits per heavy atom. The van der Waals surface area contributed by atoms with Crippen LogP contribution in [0.1, 0.15) is 25.5 Å². The number of methoxy groups -OCH3 is 1. The summed E-state index contributed by atoms with van der Waals surface area (Å²) in [7, 11) is 1.67. The molecule has 1 saturated heterocycles. The lowest BCUT2D eigenvalue weighted by Crippen LogP contribution is -2.69. The Bertz CT molecular complexity index is 795. The lowest BCUT2D eigenvalue weighted by atomic mass is 9.80. The Labute approximate surface area is 147 Å². The monoisotopic (exact) mass is 340 g/mol. The van der Waals surface area contributed by atoms with Gasteiger partial charge in [-0.1, -0.05) is 37.3 Å². The highest BCUT2D eigenvalue weighted by atomic mass is 32.1. The fraction of sp³-hybridized carbons (Fsp3) is 0.316. The molecule has 2 aliphatic heterocycles. The molecule has 124 valence electrons.